The van der Waals surface area contributed by atoms with Crippen molar-refractivity contribution in [3.8, 4) is 5.75 Å². The minimum absolute atomic E-state index is 0.0692. The molecule has 27 heavy (non-hydrogen) atoms. The van der Waals surface area contributed by atoms with Crippen LogP contribution in [-0.2, 0) is 29.0 Å². The van der Waals surface area contributed by atoms with E-state index in [4.69, 9.17) is 9.47 Å². The molecule has 3 aromatic rings. The number of aryl methyl sites for hydroxylation is 1. The van der Waals surface area contributed by atoms with Gasteiger partial charge in [0, 0.05) is 16.6 Å². The lowest BCUT2D eigenvalue weighted by Crippen LogP contribution is -2.24. The summed E-state index contributed by atoms with van der Waals surface area (Å²) in [6, 6.07) is 16.0. The van der Waals surface area contributed by atoms with Gasteiger partial charge in [0.05, 0.1) is 12.0 Å². The molecule has 0 radical (unpaired) electrons. The normalized spacial score (nSPS) is 16.3. The number of hydrogen-bond acceptors (Lipinski definition) is 3. The highest BCUT2D eigenvalue weighted by Gasteiger charge is 2.28. The molecule has 1 aliphatic rings. The van der Waals surface area contributed by atoms with Crippen molar-refractivity contribution in [3.05, 3.63) is 65.4 Å². The molecule has 4 nitrogen and oxygen atoms in total. The summed E-state index contributed by atoms with van der Waals surface area (Å²) in [4.78, 5) is 16.1. The van der Waals surface area contributed by atoms with Gasteiger partial charge in [0.1, 0.15) is 12.4 Å². The van der Waals surface area contributed by atoms with Crippen molar-refractivity contribution in [2.45, 2.75) is 45.8 Å². The van der Waals surface area contributed by atoms with Gasteiger partial charge in [-0.25, -0.2) is 0 Å². The van der Waals surface area contributed by atoms with E-state index in [1.807, 2.05) is 50.2 Å². The number of hydrogen-bond donors (Lipinski definition) is 1. The fraction of sp³-hybridized carbons (Fsp3) is 0.348. The van der Waals surface area contributed by atoms with E-state index >= 15 is 0 Å². The summed E-state index contributed by atoms with van der Waals surface area (Å²) in [6.45, 7) is 4.30. The zero-order valence-electron chi connectivity index (χ0n) is 15.8. The third kappa shape index (κ3) is 3.85. The molecule has 1 aliphatic carbocycles. The zero-order chi connectivity index (χ0) is 18.8. The number of H-pyrrole nitrogens is 1. The largest absolute Gasteiger partial charge is 0.491 e. The summed E-state index contributed by atoms with van der Waals surface area (Å²) in [7, 11) is 0. The van der Waals surface area contributed by atoms with E-state index in [2.05, 4.69) is 17.1 Å². The van der Waals surface area contributed by atoms with Crippen LogP contribution in [0.3, 0.4) is 0 Å². The Kier molecular flexibility index (Phi) is 4.88. The fourth-order valence-corrected chi connectivity index (χ4v) is 3.78. The summed E-state index contributed by atoms with van der Waals surface area (Å²) in [6.07, 6.45) is 2.62. The summed E-state index contributed by atoms with van der Waals surface area (Å²) in [5.74, 6) is 0.660. The molecule has 0 spiro atoms. The number of aromatic amines is 1. The van der Waals surface area contributed by atoms with Crippen LogP contribution in [0.25, 0.3) is 10.9 Å². The summed E-state index contributed by atoms with van der Waals surface area (Å²) in [5.41, 5.74) is 4.67. The monoisotopic (exact) mass is 363 g/mol. The molecular weight excluding hydrogens is 338 g/mol. The third-order valence-electron chi connectivity index (χ3n) is 5.10. The Bertz CT molecular complexity index is 940. The van der Waals surface area contributed by atoms with Crippen molar-refractivity contribution < 1.29 is 14.3 Å². The standard InChI is InChI=1S/C23H25NO3/c1-15(2)27-18-10-7-16(8-11-18)14-26-23(25)17-9-12-22-20(13-17)19-5-3-4-6-21(19)24-22/h3-8,10-11,15,17,24H,9,12-14H2,1-2H3. The number of esters is 1. The van der Waals surface area contributed by atoms with E-state index in [9.17, 15) is 4.79 Å². The number of para-hydroxylation sites is 1. The minimum atomic E-state index is -0.103. The van der Waals surface area contributed by atoms with Gasteiger partial charge in [-0.05, 0) is 62.4 Å². The Morgan fingerprint density at radius 3 is 2.70 bits per heavy atom. The van der Waals surface area contributed by atoms with Gasteiger partial charge in [0.15, 0.2) is 0 Å². The Morgan fingerprint density at radius 2 is 1.93 bits per heavy atom. The van der Waals surface area contributed by atoms with Crippen LogP contribution in [-0.4, -0.2) is 17.1 Å². The van der Waals surface area contributed by atoms with E-state index in [0.717, 1.165) is 36.1 Å². The minimum Gasteiger partial charge on any atom is -0.491 e. The van der Waals surface area contributed by atoms with Gasteiger partial charge in [-0.1, -0.05) is 30.3 Å². The molecule has 1 unspecified atom stereocenters. The van der Waals surface area contributed by atoms with Crippen molar-refractivity contribution in [1.82, 2.24) is 4.98 Å². The Morgan fingerprint density at radius 1 is 1.15 bits per heavy atom. The van der Waals surface area contributed by atoms with Gasteiger partial charge >= 0.3 is 5.97 Å². The van der Waals surface area contributed by atoms with Crippen molar-refractivity contribution >= 4 is 16.9 Å². The van der Waals surface area contributed by atoms with Crippen LogP contribution < -0.4 is 4.74 Å². The van der Waals surface area contributed by atoms with E-state index in [1.54, 1.807) is 0 Å². The Labute approximate surface area is 159 Å². The zero-order valence-corrected chi connectivity index (χ0v) is 15.8. The first-order valence-corrected chi connectivity index (χ1v) is 9.61. The molecule has 0 aliphatic heterocycles. The lowest BCUT2D eigenvalue weighted by Gasteiger charge is -2.21. The number of aromatic nitrogens is 1. The Hall–Kier alpha value is -2.75. The second kappa shape index (κ2) is 7.47. The number of benzene rings is 2. The molecule has 1 N–H and O–H groups in total. The Balaban J connectivity index is 1.38. The van der Waals surface area contributed by atoms with E-state index < -0.39 is 0 Å². The first kappa shape index (κ1) is 17.7. The number of rotatable bonds is 5. The average molecular weight is 363 g/mol. The molecule has 140 valence electrons. The van der Waals surface area contributed by atoms with Gasteiger partial charge in [-0.15, -0.1) is 0 Å². The number of nitrogens with one attached hydrogen (secondary N) is 1. The molecule has 0 saturated heterocycles. The summed E-state index contributed by atoms with van der Waals surface area (Å²) < 4.78 is 11.2. The quantitative estimate of drug-likeness (QED) is 0.662. The highest BCUT2D eigenvalue weighted by Crippen LogP contribution is 2.32. The van der Waals surface area contributed by atoms with Crippen molar-refractivity contribution in [2.24, 2.45) is 5.92 Å². The number of carbonyl (C=O) groups is 1. The highest BCUT2D eigenvalue weighted by atomic mass is 16.5. The van der Waals surface area contributed by atoms with E-state index in [0.29, 0.717) is 6.61 Å². The molecule has 1 atom stereocenters. The maximum absolute atomic E-state index is 12.6. The van der Waals surface area contributed by atoms with Crippen LogP contribution >= 0.6 is 0 Å². The third-order valence-corrected chi connectivity index (χ3v) is 5.10. The molecule has 1 heterocycles. The van der Waals surface area contributed by atoms with Crippen molar-refractivity contribution in [3.63, 3.8) is 0 Å². The fourth-order valence-electron chi connectivity index (χ4n) is 3.78. The topological polar surface area (TPSA) is 51.3 Å². The van der Waals surface area contributed by atoms with E-state index in [1.165, 1.54) is 16.6 Å². The first-order valence-electron chi connectivity index (χ1n) is 9.61. The predicted octanol–water partition coefficient (Wildman–Crippen LogP) is 4.80. The number of carbonyl (C=O) groups excluding carboxylic acids is 1. The highest BCUT2D eigenvalue weighted by molar-refractivity contribution is 5.86. The molecule has 2 aromatic carbocycles. The van der Waals surface area contributed by atoms with Crippen LogP contribution in [0.15, 0.2) is 48.5 Å². The molecule has 0 bridgehead atoms. The van der Waals surface area contributed by atoms with Gasteiger partial charge in [-0.3, -0.25) is 4.79 Å². The van der Waals surface area contributed by atoms with Crippen LogP contribution in [0.1, 0.15) is 37.1 Å². The molecule has 0 fully saturated rings. The maximum Gasteiger partial charge on any atom is 0.309 e. The van der Waals surface area contributed by atoms with Crippen LogP contribution in [0.2, 0.25) is 0 Å². The smallest absolute Gasteiger partial charge is 0.309 e. The maximum atomic E-state index is 12.6. The molecular formula is C23H25NO3. The lowest BCUT2D eigenvalue weighted by atomic mass is 9.86. The second-order valence-corrected chi connectivity index (χ2v) is 7.49. The van der Waals surface area contributed by atoms with Gasteiger partial charge in [-0.2, -0.15) is 0 Å². The molecule has 0 amide bonds. The summed E-state index contributed by atoms with van der Waals surface area (Å²) >= 11 is 0. The van der Waals surface area contributed by atoms with Crippen LogP contribution in [0.5, 0.6) is 5.75 Å². The SMILES string of the molecule is CC(C)Oc1ccc(COC(=O)C2CCc3[nH]c4ccccc4c3C2)cc1. The van der Waals surface area contributed by atoms with Crippen molar-refractivity contribution in [2.75, 3.05) is 0 Å². The molecule has 1 aromatic heterocycles. The van der Waals surface area contributed by atoms with Crippen LogP contribution in [0.4, 0.5) is 0 Å². The van der Waals surface area contributed by atoms with Gasteiger partial charge in [0.25, 0.3) is 0 Å². The van der Waals surface area contributed by atoms with Crippen LogP contribution in [0, 0.1) is 5.92 Å². The second-order valence-electron chi connectivity index (χ2n) is 7.49. The number of fused-ring (bicyclic) bond motifs is 3. The summed E-state index contributed by atoms with van der Waals surface area (Å²) in [5, 5.41) is 1.23. The van der Waals surface area contributed by atoms with Crippen molar-refractivity contribution in [1.29, 1.82) is 0 Å². The van der Waals surface area contributed by atoms with Gasteiger partial charge < -0.3 is 14.5 Å². The molecule has 4 heteroatoms. The van der Waals surface area contributed by atoms with E-state index in [-0.39, 0.29) is 18.0 Å². The molecule has 4 rings (SSSR count). The first-order chi connectivity index (χ1) is 13.1. The van der Waals surface area contributed by atoms with Gasteiger partial charge in [0.2, 0.25) is 0 Å². The lowest BCUT2D eigenvalue weighted by molar-refractivity contribution is -0.150. The molecule has 0 saturated carbocycles. The number of ether oxygens (including phenoxy) is 2. The average Bonchev–Trinajstić information content (AvgIpc) is 3.04. The predicted molar refractivity (Wildman–Crippen MR) is 106 cm³/mol.